The molecule has 0 saturated carbocycles. The molecule has 0 bridgehead atoms. The largest absolute Gasteiger partial charge is 0.477 e. The third-order valence-electron chi connectivity index (χ3n) is 5.86. The number of thioether (sulfide) groups is 2. The Morgan fingerprint density at radius 3 is 2.79 bits per heavy atom. The van der Waals surface area contributed by atoms with E-state index < -0.39 is 29.2 Å². The van der Waals surface area contributed by atoms with Gasteiger partial charge in [-0.3, -0.25) is 14.5 Å². The Morgan fingerprint density at radius 1 is 1.36 bits per heavy atom. The summed E-state index contributed by atoms with van der Waals surface area (Å²) in [4.78, 5) is 52.5. The molecule has 39 heavy (non-hydrogen) atoms. The normalized spacial score (nSPS) is 19.2. The van der Waals surface area contributed by atoms with E-state index in [4.69, 9.17) is 22.0 Å². The summed E-state index contributed by atoms with van der Waals surface area (Å²) in [6.07, 6.45) is 0. The van der Waals surface area contributed by atoms with Crippen LogP contribution in [0.5, 0.6) is 0 Å². The molecule has 1 fully saturated rings. The first-order valence-electron chi connectivity index (χ1n) is 11.1. The van der Waals surface area contributed by atoms with Crippen molar-refractivity contribution in [2.45, 2.75) is 16.6 Å². The molecule has 0 spiro atoms. The molecular weight excluding hydrogens is 570 g/mol. The van der Waals surface area contributed by atoms with Gasteiger partial charge in [0.1, 0.15) is 35.7 Å². The van der Waals surface area contributed by atoms with E-state index in [0.29, 0.717) is 22.1 Å². The highest BCUT2D eigenvalue weighted by Gasteiger charge is 2.54. The number of nitrogens with zero attached hydrogens (tertiary/aromatic N) is 7. The van der Waals surface area contributed by atoms with Gasteiger partial charge in [0.25, 0.3) is 11.8 Å². The van der Waals surface area contributed by atoms with E-state index in [9.17, 15) is 19.5 Å². The lowest BCUT2D eigenvalue weighted by Crippen LogP contribution is -2.71. The summed E-state index contributed by atoms with van der Waals surface area (Å²) in [5.74, 6) is -1.52. The maximum absolute atomic E-state index is 13.1. The van der Waals surface area contributed by atoms with Crippen LogP contribution < -0.4 is 27.1 Å². The van der Waals surface area contributed by atoms with Gasteiger partial charge in [-0.05, 0) is 5.57 Å². The van der Waals surface area contributed by atoms with Gasteiger partial charge in [0.2, 0.25) is 10.8 Å². The minimum atomic E-state index is -1.26. The number of anilines is 3. The van der Waals surface area contributed by atoms with E-state index in [-0.39, 0.29) is 39.8 Å². The van der Waals surface area contributed by atoms with Crippen molar-refractivity contribution in [3.8, 4) is 0 Å². The van der Waals surface area contributed by atoms with Gasteiger partial charge in [-0.2, -0.15) is 4.98 Å². The van der Waals surface area contributed by atoms with Crippen molar-refractivity contribution in [2.24, 2.45) is 12.2 Å². The van der Waals surface area contributed by atoms with Crippen LogP contribution in [0.1, 0.15) is 5.69 Å². The number of nitrogen functional groups attached to an aromatic ring is 3. The molecule has 1 unspecified atom stereocenters. The lowest BCUT2D eigenvalue weighted by atomic mass is 10.0. The number of fused-ring (bicyclic) bond motifs is 2. The molecule has 1 saturated heterocycles. The predicted molar refractivity (Wildman–Crippen MR) is 143 cm³/mol. The second-order valence-corrected chi connectivity index (χ2v) is 11.2. The Labute approximate surface area is 232 Å². The van der Waals surface area contributed by atoms with Gasteiger partial charge in [-0.15, -0.1) is 23.1 Å². The molecular formula is C20H22N11O5S3+. The van der Waals surface area contributed by atoms with E-state index >= 15 is 0 Å². The molecule has 3 aromatic heterocycles. The average molecular weight is 593 g/mol. The number of rotatable bonds is 8. The van der Waals surface area contributed by atoms with Crippen LogP contribution in [0.2, 0.25) is 0 Å². The number of carboxylic acids is 1. The molecule has 8 N–H and O–H groups in total. The van der Waals surface area contributed by atoms with Crippen LogP contribution in [0.25, 0.3) is 5.65 Å². The zero-order chi connectivity index (χ0) is 28.0. The highest BCUT2D eigenvalue weighted by atomic mass is 32.2. The van der Waals surface area contributed by atoms with Crippen molar-refractivity contribution >= 4 is 80.9 Å². The van der Waals surface area contributed by atoms with Gasteiger partial charge in [-0.25, -0.2) is 14.3 Å². The van der Waals surface area contributed by atoms with Crippen molar-refractivity contribution in [3.63, 3.8) is 0 Å². The molecule has 16 nitrogen and oxygen atoms in total. The number of aliphatic carboxylic acids is 1. The monoisotopic (exact) mass is 592 g/mol. The first kappa shape index (κ1) is 26.5. The number of nitrogens with one attached hydrogen (secondary N) is 1. The maximum atomic E-state index is 13.1. The standard InChI is InChI=1S/C20H21N11O5S3/c1-29-10-3-9(21)25-20(31(10)27-18(29)22)39-5-7-4-37-16-12(15(33)30(16)13(7)17(34)35)26-14(32)11(28-36-2)8-6-38-19(23)24-8/h3,6,12,16,21H,4-5H2,1-2H3,(H6,22,23,24,26,27,32,34,35)/p+1/b28-11-/t12?,16-/m0/s1. The zero-order valence-corrected chi connectivity index (χ0v) is 22.8. The van der Waals surface area contributed by atoms with Crippen molar-refractivity contribution in [2.75, 3.05) is 35.8 Å². The van der Waals surface area contributed by atoms with Crippen LogP contribution in [0, 0.1) is 0 Å². The number of aryl methyl sites for hydroxylation is 1. The SMILES string of the molecule is CO/N=C(\C(=O)NC1C(=O)N2C(C(=O)O)=C(CSc3nc(N)cc4n3nc(N)[n+]4C)CS[C@@H]12)c1csc(N)n1. The first-order chi connectivity index (χ1) is 18.6. The van der Waals surface area contributed by atoms with Crippen molar-refractivity contribution < 1.29 is 28.9 Å². The van der Waals surface area contributed by atoms with Crippen LogP contribution in [0.15, 0.2) is 33.0 Å². The number of nitrogens with two attached hydrogens (primary N) is 3. The molecule has 2 aliphatic heterocycles. The van der Waals surface area contributed by atoms with Crippen LogP contribution in [0.4, 0.5) is 16.9 Å². The average Bonchev–Trinajstić information content (AvgIpc) is 3.45. The second-order valence-electron chi connectivity index (χ2n) is 8.25. The van der Waals surface area contributed by atoms with Gasteiger partial charge < -0.3 is 32.5 Å². The number of β-lactam (4-membered cyclic amide) rings is 1. The fourth-order valence-corrected chi connectivity index (χ4v) is 7.03. The molecule has 2 aliphatic rings. The predicted octanol–water partition coefficient (Wildman–Crippen LogP) is -1.36. The number of carbonyl (C=O) groups is 3. The van der Waals surface area contributed by atoms with E-state index in [1.54, 1.807) is 17.7 Å². The van der Waals surface area contributed by atoms with Gasteiger partial charge in [0.15, 0.2) is 10.8 Å². The zero-order valence-electron chi connectivity index (χ0n) is 20.4. The Bertz CT molecular complexity index is 1580. The first-order valence-corrected chi connectivity index (χ1v) is 14.0. The van der Waals surface area contributed by atoms with E-state index in [2.05, 4.69) is 25.5 Å². The molecule has 5 heterocycles. The number of oxime groups is 1. The van der Waals surface area contributed by atoms with E-state index in [1.165, 1.54) is 45.4 Å². The number of carboxylic acid groups (broad SMARTS) is 1. The smallest absolute Gasteiger partial charge is 0.376 e. The maximum Gasteiger partial charge on any atom is 0.376 e. The summed E-state index contributed by atoms with van der Waals surface area (Å²) < 4.78 is 3.16. The highest BCUT2D eigenvalue weighted by Crippen LogP contribution is 2.41. The molecule has 5 rings (SSSR count). The Hall–Kier alpha value is -4.10. The third-order valence-corrected chi connectivity index (χ3v) is 8.89. The Morgan fingerprint density at radius 2 is 2.13 bits per heavy atom. The summed E-state index contributed by atoms with van der Waals surface area (Å²) in [7, 11) is 3.00. The number of hydrogen-bond acceptors (Lipinski definition) is 14. The van der Waals surface area contributed by atoms with Crippen molar-refractivity contribution in [1.29, 1.82) is 0 Å². The Balaban J connectivity index is 1.35. The molecule has 0 aliphatic carbocycles. The lowest BCUT2D eigenvalue weighted by Gasteiger charge is -2.49. The van der Waals surface area contributed by atoms with E-state index in [0.717, 1.165) is 11.3 Å². The van der Waals surface area contributed by atoms with Crippen LogP contribution in [-0.4, -0.2) is 83.1 Å². The molecule has 3 aromatic rings. The number of hydrogen-bond donors (Lipinski definition) is 5. The number of carbonyl (C=O) groups excluding carboxylic acids is 2. The third kappa shape index (κ3) is 4.68. The van der Waals surface area contributed by atoms with Gasteiger partial charge in [0.05, 0.1) is 7.05 Å². The van der Waals surface area contributed by atoms with Crippen molar-refractivity contribution in [1.82, 2.24) is 29.8 Å². The summed E-state index contributed by atoms with van der Waals surface area (Å²) in [5.41, 5.74) is 18.5. The molecule has 19 heteroatoms. The fraction of sp³-hybridized carbons (Fsp3) is 0.300. The fourth-order valence-electron chi connectivity index (χ4n) is 4.04. The Kier molecular flexibility index (Phi) is 6.95. The molecule has 204 valence electrons. The van der Waals surface area contributed by atoms with Gasteiger partial charge >= 0.3 is 11.9 Å². The van der Waals surface area contributed by atoms with Crippen LogP contribution >= 0.6 is 34.9 Å². The minimum absolute atomic E-state index is 0.134. The van der Waals surface area contributed by atoms with Crippen LogP contribution in [0.3, 0.4) is 0 Å². The molecule has 2 atom stereocenters. The number of amides is 2. The summed E-state index contributed by atoms with van der Waals surface area (Å²) in [6.45, 7) is 0. The summed E-state index contributed by atoms with van der Waals surface area (Å²) >= 11 is 3.66. The molecule has 2 amide bonds. The molecule has 0 radical (unpaired) electrons. The quantitative estimate of drug-likeness (QED) is 0.0508. The van der Waals surface area contributed by atoms with Gasteiger partial charge in [0, 0.05) is 28.1 Å². The summed E-state index contributed by atoms with van der Waals surface area (Å²) in [6, 6.07) is 0.654. The van der Waals surface area contributed by atoms with Crippen molar-refractivity contribution in [3.05, 3.63) is 28.4 Å². The summed E-state index contributed by atoms with van der Waals surface area (Å²) in [5, 5.41) is 22.1. The second kappa shape index (κ2) is 10.2. The minimum Gasteiger partial charge on any atom is -0.477 e. The topological polar surface area (TPSA) is 233 Å². The van der Waals surface area contributed by atoms with Crippen LogP contribution in [-0.2, 0) is 26.3 Å². The number of thiazole rings is 1. The molecule has 0 aromatic carbocycles. The van der Waals surface area contributed by atoms with Gasteiger partial charge in [-0.1, -0.05) is 21.4 Å². The van der Waals surface area contributed by atoms with E-state index in [1.807, 2.05) is 0 Å². The lowest BCUT2D eigenvalue weighted by molar-refractivity contribution is -0.631. The number of aromatic nitrogens is 5. The highest BCUT2D eigenvalue weighted by molar-refractivity contribution is 8.01.